The first kappa shape index (κ1) is 15.9. The summed E-state index contributed by atoms with van der Waals surface area (Å²) in [6.45, 7) is 3.41. The predicted molar refractivity (Wildman–Crippen MR) is 82.9 cm³/mol. The molecule has 5 heteroatoms. The summed E-state index contributed by atoms with van der Waals surface area (Å²) in [5, 5.41) is 2.80. The van der Waals surface area contributed by atoms with Crippen LogP contribution in [0.5, 0.6) is 11.5 Å². The van der Waals surface area contributed by atoms with Crippen LogP contribution in [-0.2, 0) is 11.3 Å². The maximum atomic E-state index is 11.7. The van der Waals surface area contributed by atoms with Crippen LogP contribution in [0.2, 0.25) is 0 Å². The first-order valence-corrected chi connectivity index (χ1v) is 7.43. The van der Waals surface area contributed by atoms with Crippen LogP contribution in [0.15, 0.2) is 47.1 Å². The molecule has 1 amide bonds. The number of para-hydroxylation sites is 2. The summed E-state index contributed by atoms with van der Waals surface area (Å²) >= 11 is 0. The van der Waals surface area contributed by atoms with Gasteiger partial charge in [-0.05, 0) is 37.6 Å². The smallest absolute Gasteiger partial charge is 0.220 e. The second kappa shape index (κ2) is 8.77. The highest BCUT2D eigenvalue weighted by Crippen LogP contribution is 2.26. The fourth-order valence-electron chi connectivity index (χ4n) is 1.95. The molecule has 0 radical (unpaired) electrons. The normalized spacial score (nSPS) is 10.2. The Balaban J connectivity index is 1.65. The third kappa shape index (κ3) is 5.16. The van der Waals surface area contributed by atoms with Crippen LogP contribution in [0, 0.1) is 0 Å². The lowest BCUT2D eigenvalue weighted by Gasteiger charge is -2.11. The van der Waals surface area contributed by atoms with Crippen LogP contribution in [0.1, 0.15) is 25.5 Å². The molecule has 1 aromatic heterocycles. The lowest BCUT2D eigenvalue weighted by molar-refractivity contribution is -0.121. The average Bonchev–Trinajstić information content (AvgIpc) is 3.05. The zero-order valence-corrected chi connectivity index (χ0v) is 12.7. The van der Waals surface area contributed by atoms with Crippen molar-refractivity contribution >= 4 is 5.91 Å². The van der Waals surface area contributed by atoms with E-state index in [0.29, 0.717) is 38.3 Å². The molecule has 2 rings (SSSR count). The van der Waals surface area contributed by atoms with Gasteiger partial charge < -0.3 is 19.2 Å². The summed E-state index contributed by atoms with van der Waals surface area (Å²) in [7, 11) is 0. The SMILES string of the molecule is CCOc1ccccc1OCCCC(=O)NCc1ccco1. The number of carbonyl (C=O) groups is 1. The number of nitrogens with one attached hydrogen (secondary N) is 1. The summed E-state index contributed by atoms with van der Waals surface area (Å²) in [4.78, 5) is 11.7. The van der Waals surface area contributed by atoms with E-state index in [1.54, 1.807) is 12.3 Å². The highest BCUT2D eigenvalue weighted by Gasteiger charge is 2.05. The van der Waals surface area contributed by atoms with E-state index in [0.717, 1.165) is 11.5 Å². The lowest BCUT2D eigenvalue weighted by atomic mass is 10.3. The van der Waals surface area contributed by atoms with E-state index < -0.39 is 0 Å². The molecule has 118 valence electrons. The fourth-order valence-corrected chi connectivity index (χ4v) is 1.95. The van der Waals surface area contributed by atoms with Gasteiger partial charge in [0.25, 0.3) is 0 Å². The maximum absolute atomic E-state index is 11.7. The number of ether oxygens (including phenoxy) is 2. The largest absolute Gasteiger partial charge is 0.490 e. The second-order valence-corrected chi connectivity index (χ2v) is 4.69. The highest BCUT2D eigenvalue weighted by atomic mass is 16.5. The highest BCUT2D eigenvalue weighted by molar-refractivity contribution is 5.75. The average molecular weight is 303 g/mol. The molecular weight excluding hydrogens is 282 g/mol. The minimum atomic E-state index is -0.0157. The van der Waals surface area contributed by atoms with E-state index in [4.69, 9.17) is 13.9 Å². The van der Waals surface area contributed by atoms with Crippen molar-refractivity contribution in [3.8, 4) is 11.5 Å². The van der Waals surface area contributed by atoms with Crippen molar-refractivity contribution in [1.82, 2.24) is 5.32 Å². The van der Waals surface area contributed by atoms with E-state index in [-0.39, 0.29) is 5.91 Å². The molecule has 0 fully saturated rings. The van der Waals surface area contributed by atoms with Gasteiger partial charge in [0.05, 0.1) is 26.0 Å². The van der Waals surface area contributed by atoms with Gasteiger partial charge in [-0.1, -0.05) is 12.1 Å². The molecule has 0 bridgehead atoms. The van der Waals surface area contributed by atoms with Crippen molar-refractivity contribution < 1.29 is 18.7 Å². The number of benzene rings is 1. The summed E-state index contributed by atoms with van der Waals surface area (Å²) in [5.41, 5.74) is 0. The van der Waals surface area contributed by atoms with Gasteiger partial charge >= 0.3 is 0 Å². The Bertz CT molecular complexity index is 566. The fraction of sp³-hybridized carbons (Fsp3) is 0.353. The van der Waals surface area contributed by atoms with Crippen LogP contribution in [0.4, 0.5) is 0 Å². The molecule has 0 aliphatic rings. The maximum Gasteiger partial charge on any atom is 0.220 e. The molecular formula is C17H21NO4. The molecule has 22 heavy (non-hydrogen) atoms. The number of amides is 1. The van der Waals surface area contributed by atoms with Gasteiger partial charge in [-0.25, -0.2) is 0 Å². The minimum Gasteiger partial charge on any atom is -0.490 e. The Hall–Kier alpha value is -2.43. The van der Waals surface area contributed by atoms with E-state index >= 15 is 0 Å². The number of furan rings is 1. The van der Waals surface area contributed by atoms with Crippen LogP contribution in [0.3, 0.4) is 0 Å². The molecule has 0 aliphatic carbocycles. The Morgan fingerprint density at radius 2 is 1.91 bits per heavy atom. The van der Waals surface area contributed by atoms with Crippen molar-refractivity contribution in [2.45, 2.75) is 26.3 Å². The number of carbonyl (C=O) groups excluding carboxylic acids is 1. The van der Waals surface area contributed by atoms with Gasteiger partial charge in [0.15, 0.2) is 11.5 Å². The zero-order chi connectivity index (χ0) is 15.6. The van der Waals surface area contributed by atoms with Crippen LogP contribution in [-0.4, -0.2) is 19.1 Å². The van der Waals surface area contributed by atoms with Crippen molar-refractivity contribution in [2.24, 2.45) is 0 Å². The van der Waals surface area contributed by atoms with Gasteiger partial charge in [0.2, 0.25) is 5.91 Å². The first-order chi connectivity index (χ1) is 10.8. The van der Waals surface area contributed by atoms with Crippen LogP contribution >= 0.6 is 0 Å². The Morgan fingerprint density at radius 3 is 2.59 bits per heavy atom. The van der Waals surface area contributed by atoms with E-state index in [2.05, 4.69) is 5.32 Å². The van der Waals surface area contributed by atoms with Crippen molar-refractivity contribution in [2.75, 3.05) is 13.2 Å². The Kier molecular flexibility index (Phi) is 6.36. The number of rotatable bonds is 9. The summed E-state index contributed by atoms with van der Waals surface area (Å²) in [5.74, 6) is 2.17. The Labute approximate surface area is 130 Å². The van der Waals surface area contributed by atoms with Gasteiger partial charge in [0, 0.05) is 6.42 Å². The third-order valence-electron chi connectivity index (χ3n) is 2.99. The summed E-state index contributed by atoms with van der Waals surface area (Å²) in [6, 6.07) is 11.2. The molecule has 0 aliphatic heterocycles. The van der Waals surface area contributed by atoms with Gasteiger partial charge in [0.1, 0.15) is 5.76 Å². The lowest BCUT2D eigenvalue weighted by Crippen LogP contribution is -2.22. The summed E-state index contributed by atoms with van der Waals surface area (Å²) < 4.78 is 16.3. The van der Waals surface area contributed by atoms with E-state index in [1.165, 1.54) is 0 Å². The second-order valence-electron chi connectivity index (χ2n) is 4.69. The predicted octanol–water partition coefficient (Wildman–Crippen LogP) is 3.15. The molecule has 0 spiro atoms. The number of hydrogen-bond donors (Lipinski definition) is 1. The molecule has 0 atom stereocenters. The van der Waals surface area contributed by atoms with E-state index in [1.807, 2.05) is 37.3 Å². The van der Waals surface area contributed by atoms with E-state index in [9.17, 15) is 4.79 Å². The quantitative estimate of drug-likeness (QED) is 0.723. The zero-order valence-electron chi connectivity index (χ0n) is 12.7. The molecule has 0 saturated heterocycles. The van der Waals surface area contributed by atoms with Crippen molar-refractivity contribution in [3.05, 3.63) is 48.4 Å². The van der Waals surface area contributed by atoms with Gasteiger partial charge in [-0.3, -0.25) is 4.79 Å². The van der Waals surface area contributed by atoms with Crippen LogP contribution < -0.4 is 14.8 Å². The number of hydrogen-bond acceptors (Lipinski definition) is 4. The topological polar surface area (TPSA) is 60.7 Å². The molecule has 1 aromatic carbocycles. The summed E-state index contributed by atoms with van der Waals surface area (Å²) in [6.07, 6.45) is 2.65. The Morgan fingerprint density at radius 1 is 1.14 bits per heavy atom. The van der Waals surface area contributed by atoms with Gasteiger partial charge in [-0.2, -0.15) is 0 Å². The molecule has 0 saturated carbocycles. The molecule has 2 aromatic rings. The third-order valence-corrected chi connectivity index (χ3v) is 2.99. The minimum absolute atomic E-state index is 0.0157. The van der Waals surface area contributed by atoms with Crippen molar-refractivity contribution in [3.63, 3.8) is 0 Å². The van der Waals surface area contributed by atoms with Gasteiger partial charge in [-0.15, -0.1) is 0 Å². The standard InChI is InChI=1S/C17H21NO4/c1-2-20-15-8-3-4-9-16(15)22-12-6-10-17(19)18-13-14-7-5-11-21-14/h3-5,7-9,11H,2,6,10,12-13H2,1H3,(H,18,19). The van der Waals surface area contributed by atoms with Crippen LogP contribution in [0.25, 0.3) is 0 Å². The molecule has 1 heterocycles. The molecule has 0 unspecified atom stereocenters. The monoisotopic (exact) mass is 303 g/mol. The van der Waals surface area contributed by atoms with Crippen molar-refractivity contribution in [1.29, 1.82) is 0 Å². The first-order valence-electron chi connectivity index (χ1n) is 7.43. The molecule has 5 nitrogen and oxygen atoms in total. The molecule has 1 N–H and O–H groups in total.